The topological polar surface area (TPSA) is 158 Å². The molecule has 0 radical (unpaired) electrons. The molecule has 9 heteroatoms. The summed E-state index contributed by atoms with van der Waals surface area (Å²) in [5, 5.41) is 0.703. The first-order valence-corrected chi connectivity index (χ1v) is 10.1. The van der Waals surface area contributed by atoms with E-state index in [-0.39, 0.29) is 23.7 Å². The van der Waals surface area contributed by atoms with Crippen LogP contribution in [0.1, 0.15) is 28.8 Å². The first kappa shape index (κ1) is 22.7. The summed E-state index contributed by atoms with van der Waals surface area (Å²) in [6, 6.07) is 13.6. The molecule has 0 fully saturated rings. The van der Waals surface area contributed by atoms with Crippen LogP contribution < -0.4 is 27.7 Å². The van der Waals surface area contributed by atoms with Gasteiger partial charge in [-0.2, -0.15) is 0 Å². The summed E-state index contributed by atoms with van der Waals surface area (Å²) in [6.45, 7) is 2.10. The van der Waals surface area contributed by atoms with Gasteiger partial charge in [0.05, 0.1) is 11.7 Å². The molecule has 0 aliphatic carbocycles. The second-order valence-corrected chi connectivity index (χ2v) is 7.33. The van der Waals surface area contributed by atoms with Crippen LogP contribution in [0, 0.1) is 6.92 Å². The summed E-state index contributed by atoms with van der Waals surface area (Å²) >= 11 is 0. The zero-order valence-corrected chi connectivity index (χ0v) is 17.7. The molecule has 1 heterocycles. The van der Waals surface area contributed by atoms with E-state index in [1.807, 2.05) is 0 Å². The third kappa shape index (κ3) is 5.19. The molecule has 0 aliphatic rings. The lowest BCUT2D eigenvalue weighted by molar-refractivity contribution is -0.119. The summed E-state index contributed by atoms with van der Waals surface area (Å²) in [4.78, 5) is 43.2. The number of anilines is 1. The van der Waals surface area contributed by atoms with Gasteiger partial charge < -0.3 is 21.6 Å². The van der Waals surface area contributed by atoms with Gasteiger partial charge in [-0.3, -0.25) is 14.6 Å². The van der Waals surface area contributed by atoms with Crippen molar-refractivity contribution in [2.75, 3.05) is 11.4 Å². The number of guanidine groups is 1. The number of aliphatic imine (C=N–C) groups is 1. The van der Waals surface area contributed by atoms with E-state index in [1.165, 1.54) is 12.1 Å². The molecule has 2 amide bonds. The number of nitrogens with zero attached hydrogens (tertiary/aromatic N) is 2. The third-order valence-corrected chi connectivity index (χ3v) is 4.92. The Bertz CT molecular complexity index is 1220. The minimum Gasteiger partial charge on any atom is -0.423 e. The fourth-order valence-electron chi connectivity index (χ4n) is 3.32. The number of fused-ring (bicyclic) bond motifs is 1. The van der Waals surface area contributed by atoms with Crippen molar-refractivity contribution in [2.45, 2.75) is 25.8 Å². The molecule has 0 saturated heterocycles. The molecule has 3 aromatic rings. The number of amides is 2. The molecule has 0 aliphatic heterocycles. The number of nitrogens with two attached hydrogens (primary N) is 3. The molecule has 1 atom stereocenters. The predicted molar refractivity (Wildman–Crippen MR) is 123 cm³/mol. The molecule has 0 unspecified atom stereocenters. The predicted octanol–water partition coefficient (Wildman–Crippen LogP) is 1.66. The molecule has 3 rings (SSSR count). The highest BCUT2D eigenvalue weighted by atomic mass is 16.4. The van der Waals surface area contributed by atoms with E-state index in [1.54, 1.807) is 49.4 Å². The van der Waals surface area contributed by atoms with Crippen LogP contribution in [-0.4, -0.2) is 30.4 Å². The number of hydrogen-bond donors (Lipinski definition) is 3. The van der Waals surface area contributed by atoms with E-state index in [0.717, 1.165) is 10.5 Å². The Morgan fingerprint density at radius 1 is 1.09 bits per heavy atom. The van der Waals surface area contributed by atoms with E-state index >= 15 is 0 Å². The average Bonchev–Trinajstić information content (AvgIpc) is 2.76. The lowest BCUT2D eigenvalue weighted by Crippen LogP contribution is -2.47. The summed E-state index contributed by atoms with van der Waals surface area (Å²) in [7, 11) is 0. The highest BCUT2D eigenvalue weighted by molar-refractivity contribution is 6.22. The van der Waals surface area contributed by atoms with Crippen LogP contribution in [0.4, 0.5) is 5.69 Å². The number of benzene rings is 2. The number of aryl methyl sites for hydroxylation is 1. The molecule has 32 heavy (non-hydrogen) atoms. The van der Waals surface area contributed by atoms with Gasteiger partial charge in [-0.1, -0.05) is 18.2 Å². The van der Waals surface area contributed by atoms with E-state index in [2.05, 4.69) is 4.99 Å². The molecule has 166 valence electrons. The van der Waals surface area contributed by atoms with Crippen molar-refractivity contribution in [1.82, 2.24) is 0 Å². The van der Waals surface area contributed by atoms with Crippen LogP contribution in [0.15, 0.2) is 68.8 Å². The number of imide groups is 1. The van der Waals surface area contributed by atoms with Gasteiger partial charge >= 0.3 is 5.63 Å². The summed E-state index contributed by atoms with van der Waals surface area (Å²) in [5.74, 6) is -1.17. The normalized spacial score (nSPS) is 11.7. The van der Waals surface area contributed by atoms with Crippen LogP contribution in [0.5, 0.6) is 0 Å². The van der Waals surface area contributed by atoms with Crippen molar-refractivity contribution < 1.29 is 14.0 Å². The molecule has 2 aromatic carbocycles. The van der Waals surface area contributed by atoms with Gasteiger partial charge in [-0.05, 0) is 49.6 Å². The highest BCUT2D eigenvalue weighted by Crippen LogP contribution is 2.25. The molecule has 9 nitrogen and oxygen atoms in total. The smallest absolute Gasteiger partial charge is 0.336 e. The third-order valence-electron chi connectivity index (χ3n) is 4.92. The Morgan fingerprint density at radius 2 is 1.81 bits per heavy atom. The first-order valence-electron chi connectivity index (χ1n) is 10.1. The largest absolute Gasteiger partial charge is 0.423 e. The van der Waals surface area contributed by atoms with Gasteiger partial charge in [0.15, 0.2) is 5.96 Å². The second-order valence-electron chi connectivity index (χ2n) is 7.33. The highest BCUT2D eigenvalue weighted by Gasteiger charge is 2.29. The van der Waals surface area contributed by atoms with Crippen molar-refractivity contribution >= 4 is 34.4 Å². The average molecular weight is 435 g/mol. The van der Waals surface area contributed by atoms with Crippen molar-refractivity contribution in [3.63, 3.8) is 0 Å². The molecular formula is C23H25N5O4. The quantitative estimate of drug-likeness (QED) is 0.220. The summed E-state index contributed by atoms with van der Waals surface area (Å²) < 4.78 is 5.29. The molecule has 0 spiro atoms. The van der Waals surface area contributed by atoms with Gasteiger partial charge in [-0.25, -0.2) is 9.69 Å². The Balaban J connectivity index is 1.98. The fraction of sp³-hybridized carbons (Fsp3) is 0.217. The Kier molecular flexibility index (Phi) is 7.01. The number of rotatable bonds is 7. The second kappa shape index (κ2) is 9.88. The number of carbonyl (C=O) groups excluding carboxylic acids is 2. The van der Waals surface area contributed by atoms with E-state index in [4.69, 9.17) is 21.6 Å². The van der Waals surface area contributed by atoms with Gasteiger partial charge in [0.1, 0.15) is 5.58 Å². The lowest BCUT2D eigenvalue weighted by atomic mass is 10.1. The van der Waals surface area contributed by atoms with Gasteiger partial charge in [0, 0.05) is 29.6 Å². The fourth-order valence-corrected chi connectivity index (χ4v) is 3.32. The zero-order chi connectivity index (χ0) is 23.3. The van der Waals surface area contributed by atoms with Crippen molar-refractivity contribution in [2.24, 2.45) is 22.2 Å². The lowest BCUT2D eigenvalue weighted by Gasteiger charge is -2.24. The Morgan fingerprint density at radius 3 is 2.50 bits per heavy atom. The molecule has 6 N–H and O–H groups in total. The SMILES string of the molecule is Cc1cc(=O)oc2cc(N(C(=O)c3ccccc3)C(=O)[C@@H](N)CCCN=C(N)N)ccc12. The molecule has 0 bridgehead atoms. The van der Waals surface area contributed by atoms with Gasteiger partial charge in [-0.15, -0.1) is 0 Å². The maximum Gasteiger partial charge on any atom is 0.336 e. The first-order chi connectivity index (χ1) is 15.3. The van der Waals surface area contributed by atoms with Crippen LogP contribution in [-0.2, 0) is 4.79 Å². The van der Waals surface area contributed by atoms with Crippen molar-refractivity contribution in [3.8, 4) is 0 Å². The van der Waals surface area contributed by atoms with Crippen LogP contribution in [0.2, 0.25) is 0 Å². The van der Waals surface area contributed by atoms with Gasteiger partial charge in [0.25, 0.3) is 11.8 Å². The summed E-state index contributed by atoms with van der Waals surface area (Å²) in [6.07, 6.45) is 0.736. The molecular weight excluding hydrogens is 410 g/mol. The minimum absolute atomic E-state index is 0.0428. The van der Waals surface area contributed by atoms with E-state index in [0.29, 0.717) is 23.9 Å². The number of carbonyl (C=O) groups is 2. The number of hydrogen-bond acceptors (Lipinski definition) is 6. The minimum atomic E-state index is -0.961. The van der Waals surface area contributed by atoms with Gasteiger partial charge in [0.2, 0.25) is 0 Å². The van der Waals surface area contributed by atoms with E-state index in [9.17, 15) is 14.4 Å². The van der Waals surface area contributed by atoms with E-state index < -0.39 is 23.5 Å². The Labute approximate surface area is 184 Å². The van der Waals surface area contributed by atoms with Crippen molar-refractivity contribution in [1.29, 1.82) is 0 Å². The van der Waals surface area contributed by atoms with Crippen LogP contribution in [0.25, 0.3) is 11.0 Å². The standard InChI is InChI=1S/C23H25N5O4/c1-14-12-20(29)32-19-13-16(9-10-17(14)19)28(21(30)15-6-3-2-4-7-15)22(31)18(24)8-5-11-27-23(25)26/h2-4,6-7,9-10,12-13,18H,5,8,11,24H2,1H3,(H4,25,26,27)/t18-/m0/s1. The zero-order valence-electron chi connectivity index (χ0n) is 17.7. The van der Waals surface area contributed by atoms with Crippen LogP contribution >= 0.6 is 0 Å². The maximum atomic E-state index is 13.3. The Hall–Kier alpha value is -3.98. The summed E-state index contributed by atoms with van der Waals surface area (Å²) in [5.41, 5.74) is 17.8. The molecule has 1 aromatic heterocycles. The molecule has 0 saturated carbocycles. The van der Waals surface area contributed by atoms with Crippen LogP contribution in [0.3, 0.4) is 0 Å². The monoisotopic (exact) mass is 435 g/mol. The van der Waals surface area contributed by atoms with Crippen molar-refractivity contribution in [3.05, 3.63) is 76.1 Å². The maximum absolute atomic E-state index is 13.3.